The summed E-state index contributed by atoms with van der Waals surface area (Å²) in [6.07, 6.45) is 1.21. The second kappa shape index (κ2) is 7.60. The third-order valence-corrected chi connectivity index (χ3v) is 3.80. The molecule has 0 saturated carbocycles. The van der Waals surface area contributed by atoms with Crippen LogP contribution in [0.4, 0.5) is 0 Å². The number of Topliss-reactive ketones (excluding diaryl/α,β-unsaturated/α-hetero) is 1. The standard InChI is InChI=1S/C16H14Br2O2/c17-13-8-6-12(7-9-13)16(19)5-2-10-20-15-4-1-3-14(18)11-15/h1,3-4,6-9,11H,2,5,10H2. The van der Waals surface area contributed by atoms with Crippen molar-refractivity contribution in [1.82, 2.24) is 0 Å². The van der Waals surface area contributed by atoms with E-state index in [0.29, 0.717) is 19.4 Å². The molecule has 0 unspecified atom stereocenters. The van der Waals surface area contributed by atoms with Crippen LogP contribution in [0.3, 0.4) is 0 Å². The molecule has 0 aliphatic heterocycles. The van der Waals surface area contributed by atoms with E-state index in [1.165, 1.54) is 0 Å². The highest BCUT2D eigenvalue weighted by Crippen LogP contribution is 2.18. The number of carbonyl (C=O) groups excluding carboxylic acids is 1. The molecule has 4 heteroatoms. The van der Waals surface area contributed by atoms with Crippen LogP contribution in [0.5, 0.6) is 5.75 Å². The highest BCUT2D eigenvalue weighted by molar-refractivity contribution is 9.10. The average Bonchev–Trinajstić information content (AvgIpc) is 2.44. The Balaban J connectivity index is 1.76. The molecule has 0 radical (unpaired) electrons. The van der Waals surface area contributed by atoms with Gasteiger partial charge >= 0.3 is 0 Å². The van der Waals surface area contributed by atoms with Crippen LogP contribution in [0.1, 0.15) is 23.2 Å². The van der Waals surface area contributed by atoms with Crippen molar-refractivity contribution in [3.8, 4) is 5.75 Å². The number of rotatable bonds is 6. The van der Waals surface area contributed by atoms with Crippen molar-refractivity contribution >= 4 is 37.6 Å². The van der Waals surface area contributed by atoms with E-state index in [4.69, 9.17) is 4.74 Å². The fourth-order valence-corrected chi connectivity index (χ4v) is 2.40. The molecule has 0 N–H and O–H groups in total. The molecule has 0 spiro atoms. The van der Waals surface area contributed by atoms with Crippen molar-refractivity contribution < 1.29 is 9.53 Å². The van der Waals surface area contributed by atoms with Gasteiger partial charge in [-0.1, -0.05) is 50.1 Å². The number of ether oxygens (including phenoxy) is 1. The predicted molar refractivity (Wildman–Crippen MR) is 87.3 cm³/mol. The summed E-state index contributed by atoms with van der Waals surface area (Å²) in [5, 5.41) is 0. The van der Waals surface area contributed by atoms with Gasteiger partial charge in [-0.15, -0.1) is 0 Å². The zero-order valence-electron chi connectivity index (χ0n) is 10.8. The van der Waals surface area contributed by atoms with E-state index in [1.54, 1.807) is 0 Å². The van der Waals surface area contributed by atoms with Crippen LogP contribution < -0.4 is 4.74 Å². The lowest BCUT2D eigenvalue weighted by atomic mass is 10.1. The van der Waals surface area contributed by atoms with Crippen LogP contribution in [0.25, 0.3) is 0 Å². The molecule has 0 amide bonds. The zero-order valence-corrected chi connectivity index (χ0v) is 14.0. The van der Waals surface area contributed by atoms with Gasteiger partial charge in [0.25, 0.3) is 0 Å². The van der Waals surface area contributed by atoms with E-state index in [-0.39, 0.29) is 5.78 Å². The molecular weight excluding hydrogens is 384 g/mol. The fraction of sp³-hybridized carbons (Fsp3) is 0.188. The van der Waals surface area contributed by atoms with Gasteiger partial charge < -0.3 is 4.74 Å². The molecule has 0 fully saturated rings. The Kier molecular flexibility index (Phi) is 5.80. The van der Waals surface area contributed by atoms with Crippen molar-refractivity contribution in [3.63, 3.8) is 0 Å². The Morgan fingerprint density at radius 1 is 1.00 bits per heavy atom. The number of ketones is 1. The first kappa shape index (κ1) is 15.3. The largest absolute Gasteiger partial charge is 0.494 e. The quantitative estimate of drug-likeness (QED) is 0.491. The lowest BCUT2D eigenvalue weighted by molar-refractivity contribution is 0.0973. The second-order valence-corrected chi connectivity index (χ2v) is 6.17. The minimum absolute atomic E-state index is 0.148. The van der Waals surface area contributed by atoms with Gasteiger partial charge in [-0.05, 0) is 36.8 Å². The average molecular weight is 398 g/mol. The summed E-state index contributed by atoms with van der Waals surface area (Å²) in [7, 11) is 0. The molecule has 2 aromatic carbocycles. The molecule has 2 rings (SSSR count). The normalized spacial score (nSPS) is 10.3. The maximum Gasteiger partial charge on any atom is 0.163 e. The Morgan fingerprint density at radius 3 is 2.45 bits per heavy atom. The SMILES string of the molecule is O=C(CCCOc1cccc(Br)c1)c1ccc(Br)cc1. The van der Waals surface area contributed by atoms with Crippen LogP contribution in [-0.4, -0.2) is 12.4 Å². The summed E-state index contributed by atoms with van der Waals surface area (Å²) in [5.74, 6) is 0.964. The van der Waals surface area contributed by atoms with Gasteiger partial charge in [0, 0.05) is 20.9 Å². The maximum atomic E-state index is 11.9. The van der Waals surface area contributed by atoms with Gasteiger partial charge in [0.1, 0.15) is 5.75 Å². The third-order valence-electron chi connectivity index (χ3n) is 2.78. The first-order valence-corrected chi connectivity index (χ1v) is 7.91. The van der Waals surface area contributed by atoms with Gasteiger partial charge in [-0.2, -0.15) is 0 Å². The van der Waals surface area contributed by atoms with Crippen molar-refractivity contribution in [2.24, 2.45) is 0 Å². The Labute approximate surface area is 135 Å². The molecule has 2 aromatic rings. The molecule has 0 aromatic heterocycles. The van der Waals surface area contributed by atoms with Crippen molar-refractivity contribution in [3.05, 3.63) is 63.0 Å². The summed E-state index contributed by atoms with van der Waals surface area (Å²) >= 11 is 6.75. The first-order valence-electron chi connectivity index (χ1n) is 6.32. The monoisotopic (exact) mass is 396 g/mol. The fourth-order valence-electron chi connectivity index (χ4n) is 1.76. The predicted octanol–water partition coefficient (Wildman–Crippen LogP) is 5.25. The van der Waals surface area contributed by atoms with Gasteiger partial charge in [0.2, 0.25) is 0 Å². The van der Waals surface area contributed by atoms with E-state index < -0.39 is 0 Å². The second-order valence-electron chi connectivity index (χ2n) is 4.34. The highest BCUT2D eigenvalue weighted by Gasteiger charge is 2.05. The number of halogens is 2. The van der Waals surface area contributed by atoms with Crippen LogP contribution in [0, 0.1) is 0 Å². The number of carbonyl (C=O) groups is 1. The van der Waals surface area contributed by atoms with Crippen molar-refractivity contribution in [2.45, 2.75) is 12.8 Å². The summed E-state index contributed by atoms with van der Waals surface area (Å²) in [5.41, 5.74) is 0.746. The van der Waals surface area contributed by atoms with Crippen molar-refractivity contribution in [1.29, 1.82) is 0 Å². The zero-order chi connectivity index (χ0) is 14.4. The molecule has 20 heavy (non-hydrogen) atoms. The third kappa shape index (κ3) is 4.76. The molecule has 0 bridgehead atoms. The number of hydrogen-bond donors (Lipinski definition) is 0. The van der Waals surface area contributed by atoms with E-state index in [9.17, 15) is 4.79 Å². The van der Waals surface area contributed by atoms with E-state index in [0.717, 1.165) is 20.3 Å². The first-order chi connectivity index (χ1) is 9.65. The molecule has 0 heterocycles. The molecule has 104 valence electrons. The number of hydrogen-bond acceptors (Lipinski definition) is 2. The van der Waals surface area contributed by atoms with E-state index in [2.05, 4.69) is 31.9 Å². The van der Waals surface area contributed by atoms with Crippen LogP contribution in [-0.2, 0) is 0 Å². The molecular formula is C16H14Br2O2. The Hall–Kier alpha value is -1.13. The Morgan fingerprint density at radius 2 is 1.75 bits per heavy atom. The molecule has 0 saturated heterocycles. The smallest absolute Gasteiger partial charge is 0.163 e. The number of benzene rings is 2. The molecule has 0 aliphatic carbocycles. The van der Waals surface area contributed by atoms with Gasteiger partial charge in [-0.25, -0.2) is 0 Å². The van der Waals surface area contributed by atoms with Gasteiger partial charge in [-0.3, -0.25) is 4.79 Å². The minimum Gasteiger partial charge on any atom is -0.494 e. The maximum absolute atomic E-state index is 11.9. The highest BCUT2D eigenvalue weighted by atomic mass is 79.9. The summed E-state index contributed by atoms with van der Waals surface area (Å²) in [4.78, 5) is 11.9. The van der Waals surface area contributed by atoms with Crippen LogP contribution >= 0.6 is 31.9 Å². The van der Waals surface area contributed by atoms with E-state index >= 15 is 0 Å². The topological polar surface area (TPSA) is 26.3 Å². The van der Waals surface area contributed by atoms with Gasteiger partial charge in [0.15, 0.2) is 5.78 Å². The lowest BCUT2D eigenvalue weighted by Crippen LogP contribution is -2.03. The molecule has 2 nitrogen and oxygen atoms in total. The Bertz CT molecular complexity index is 579. The lowest BCUT2D eigenvalue weighted by Gasteiger charge is -2.06. The summed E-state index contributed by atoms with van der Waals surface area (Å²) in [6.45, 7) is 0.540. The minimum atomic E-state index is 0.148. The van der Waals surface area contributed by atoms with Crippen LogP contribution in [0.2, 0.25) is 0 Å². The summed E-state index contributed by atoms with van der Waals surface area (Å²) in [6, 6.07) is 15.1. The molecule has 0 aliphatic rings. The van der Waals surface area contributed by atoms with E-state index in [1.807, 2.05) is 48.5 Å². The van der Waals surface area contributed by atoms with Crippen molar-refractivity contribution in [2.75, 3.05) is 6.61 Å². The molecule has 0 atom stereocenters. The summed E-state index contributed by atoms with van der Waals surface area (Å²) < 4.78 is 7.57. The van der Waals surface area contributed by atoms with Crippen LogP contribution in [0.15, 0.2) is 57.5 Å². The van der Waals surface area contributed by atoms with Gasteiger partial charge in [0.05, 0.1) is 6.61 Å².